The second-order valence-corrected chi connectivity index (χ2v) is 5.18. The summed E-state index contributed by atoms with van der Waals surface area (Å²) in [6, 6.07) is 3.96. The number of benzene rings is 1. The standard InChI is InChI=1S/C15H24BrNO4/c1-5-17-12(10-21-9-8-18-2)11-6-7-13(19-3)14(16)15(11)20-4/h6-7,12,17H,5,8-10H2,1-4H3. The van der Waals surface area contributed by atoms with Gasteiger partial charge in [0.05, 0.1) is 40.1 Å². The lowest BCUT2D eigenvalue weighted by Gasteiger charge is -2.22. The van der Waals surface area contributed by atoms with Crippen LogP contribution in [-0.4, -0.2) is 47.7 Å². The largest absolute Gasteiger partial charge is 0.495 e. The summed E-state index contributed by atoms with van der Waals surface area (Å²) in [6.07, 6.45) is 0. The molecule has 0 aliphatic rings. The van der Waals surface area contributed by atoms with E-state index in [1.54, 1.807) is 21.3 Å². The predicted octanol–water partition coefficient (Wildman–Crippen LogP) is 2.78. The molecule has 6 heteroatoms. The fourth-order valence-electron chi connectivity index (χ4n) is 2.04. The molecule has 5 nitrogen and oxygen atoms in total. The van der Waals surface area contributed by atoms with E-state index in [2.05, 4.69) is 28.2 Å². The molecule has 1 unspecified atom stereocenters. The summed E-state index contributed by atoms with van der Waals surface area (Å²) in [7, 11) is 4.95. The SMILES string of the molecule is CCNC(COCCOC)c1ccc(OC)c(Br)c1OC. The number of likely N-dealkylation sites (N-methyl/N-ethyl adjacent to an activating group) is 1. The van der Waals surface area contributed by atoms with Crippen molar-refractivity contribution in [2.75, 3.05) is 47.7 Å². The van der Waals surface area contributed by atoms with E-state index in [1.807, 2.05) is 12.1 Å². The predicted molar refractivity (Wildman–Crippen MR) is 86.4 cm³/mol. The van der Waals surface area contributed by atoms with E-state index in [9.17, 15) is 0 Å². The third kappa shape index (κ3) is 5.14. The molecular weight excluding hydrogens is 338 g/mol. The average Bonchev–Trinajstić information content (AvgIpc) is 2.50. The molecule has 120 valence electrons. The van der Waals surface area contributed by atoms with Gasteiger partial charge in [-0.15, -0.1) is 0 Å². The van der Waals surface area contributed by atoms with Gasteiger partial charge in [-0.05, 0) is 34.6 Å². The second-order valence-electron chi connectivity index (χ2n) is 4.38. The van der Waals surface area contributed by atoms with Crippen molar-refractivity contribution >= 4 is 15.9 Å². The lowest BCUT2D eigenvalue weighted by molar-refractivity contribution is 0.0584. The van der Waals surface area contributed by atoms with E-state index >= 15 is 0 Å². The number of ether oxygens (including phenoxy) is 4. The minimum atomic E-state index is 0.0454. The Morgan fingerprint density at radius 1 is 1.14 bits per heavy atom. The van der Waals surface area contributed by atoms with Crippen LogP contribution in [0.5, 0.6) is 11.5 Å². The Morgan fingerprint density at radius 3 is 2.48 bits per heavy atom. The molecule has 0 aromatic heterocycles. The first-order chi connectivity index (χ1) is 10.2. The van der Waals surface area contributed by atoms with Gasteiger partial charge in [-0.2, -0.15) is 0 Å². The molecule has 21 heavy (non-hydrogen) atoms. The molecule has 0 aliphatic heterocycles. The van der Waals surface area contributed by atoms with Crippen molar-refractivity contribution in [3.8, 4) is 11.5 Å². The Morgan fingerprint density at radius 2 is 1.90 bits per heavy atom. The van der Waals surface area contributed by atoms with Crippen LogP contribution in [0.1, 0.15) is 18.5 Å². The van der Waals surface area contributed by atoms with Crippen molar-refractivity contribution in [2.24, 2.45) is 0 Å². The van der Waals surface area contributed by atoms with Crippen LogP contribution in [-0.2, 0) is 9.47 Å². The van der Waals surface area contributed by atoms with Crippen LogP contribution in [0.3, 0.4) is 0 Å². The van der Waals surface area contributed by atoms with E-state index in [4.69, 9.17) is 18.9 Å². The number of rotatable bonds is 10. The van der Waals surface area contributed by atoms with Gasteiger partial charge in [-0.3, -0.25) is 0 Å². The monoisotopic (exact) mass is 361 g/mol. The van der Waals surface area contributed by atoms with E-state index in [0.717, 1.165) is 28.1 Å². The minimum absolute atomic E-state index is 0.0454. The number of nitrogens with one attached hydrogen (secondary N) is 1. The van der Waals surface area contributed by atoms with Crippen molar-refractivity contribution < 1.29 is 18.9 Å². The molecule has 0 fully saturated rings. The molecule has 0 saturated heterocycles. The first kappa shape index (κ1) is 18.2. The molecule has 1 aromatic carbocycles. The summed E-state index contributed by atoms with van der Waals surface area (Å²) in [5.41, 5.74) is 1.03. The van der Waals surface area contributed by atoms with Gasteiger partial charge in [0, 0.05) is 12.7 Å². The smallest absolute Gasteiger partial charge is 0.141 e. The van der Waals surface area contributed by atoms with Crippen LogP contribution in [0.15, 0.2) is 16.6 Å². The zero-order chi connectivity index (χ0) is 15.7. The number of methoxy groups -OCH3 is 3. The van der Waals surface area contributed by atoms with Gasteiger partial charge >= 0.3 is 0 Å². The highest BCUT2D eigenvalue weighted by Crippen LogP contribution is 2.39. The van der Waals surface area contributed by atoms with E-state index in [-0.39, 0.29) is 6.04 Å². The van der Waals surface area contributed by atoms with E-state index in [0.29, 0.717) is 19.8 Å². The summed E-state index contributed by atoms with van der Waals surface area (Å²) >= 11 is 3.53. The normalized spacial score (nSPS) is 12.2. The van der Waals surface area contributed by atoms with Crippen LogP contribution in [0.2, 0.25) is 0 Å². The molecule has 0 saturated carbocycles. The lowest BCUT2D eigenvalue weighted by Crippen LogP contribution is -2.26. The first-order valence-corrected chi connectivity index (χ1v) is 7.69. The van der Waals surface area contributed by atoms with Gasteiger partial charge in [0.1, 0.15) is 16.0 Å². The molecule has 1 atom stereocenters. The Kier molecular flexibility index (Phi) is 8.68. The average molecular weight is 362 g/mol. The highest BCUT2D eigenvalue weighted by molar-refractivity contribution is 9.10. The van der Waals surface area contributed by atoms with Crippen LogP contribution in [0.4, 0.5) is 0 Å². The van der Waals surface area contributed by atoms with Gasteiger partial charge in [0.25, 0.3) is 0 Å². The van der Waals surface area contributed by atoms with Gasteiger partial charge in [0.2, 0.25) is 0 Å². The summed E-state index contributed by atoms with van der Waals surface area (Å²) in [6.45, 7) is 4.60. The summed E-state index contributed by atoms with van der Waals surface area (Å²) in [5.74, 6) is 1.50. The van der Waals surface area contributed by atoms with Crippen molar-refractivity contribution in [3.05, 3.63) is 22.2 Å². The van der Waals surface area contributed by atoms with Crippen LogP contribution >= 0.6 is 15.9 Å². The molecule has 0 amide bonds. The van der Waals surface area contributed by atoms with Gasteiger partial charge in [-0.1, -0.05) is 6.92 Å². The van der Waals surface area contributed by atoms with Gasteiger partial charge in [-0.25, -0.2) is 0 Å². The van der Waals surface area contributed by atoms with Crippen LogP contribution < -0.4 is 14.8 Å². The Bertz CT molecular complexity index is 428. The van der Waals surface area contributed by atoms with E-state index in [1.165, 1.54) is 0 Å². The maximum atomic E-state index is 5.65. The Labute approximate surface area is 135 Å². The molecule has 0 bridgehead atoms. The fraction of sp³-hybridized carbons (Fsp3) is 0.600. The number of hydrogen-bond acceptors (Lipinski definition) is 5. The molecule has 1 N–H and O–H groups in total. The molecule has 1 rings (SSSR count). The second kappa shape index (κ2) is 10.00. The highest BCUT2D eigenvalue weighted by atomic mass is 79.9. The number of hydrogen-bond donors (Lipinski definition) is 1. The third-order valence-electron chi connectivity index (χ3n) is 3.06. The van der Waals surface area contributed by atoms with Crippen molar-refractivity contribution in [2.45, 2.75) is 13.0 Å². The third-order valence-corrected chi connectivity index (χ3v) is 3.81. The fourth-order valence-corrected chi connectivity index (χ4v) is 2.73. The van der Waals surface area contributed by atoms with Crippen molar-refractivity contribution in [1.29, 1.82) is 0 Å². The summed E-state index contributed by atoms with van der Waals surface area (Å²) in [5, 5.41) is 3.41. The Hall–Kier alpha value is -0.820. The lowest BCUT2D eigenvalue weighted by atomic mass is 10.1. The zero-order valence-corrected chi connectivity index (χ0v) is 14.7. The van der Waals surface area contributed by atoms with Crippen LogP contribution in [0.25, 0.3) is 0 Å². The van der Waals surface area contributed by atoms with Crippen molar-refractivity contribution in [1.82, 2.24) is 5.32 Å². The minimum Gasteiger partial charge on any atom is -0.495 e. The van der Waals surface area contributed by atoms with E-state index < -0.39 is 0 Å². The zero-order valence-electron chi connectivity index (χ0n) is 13.1. The Balaban J connectivity index is 2.93. The van der Waals surface area contributed by atoms with Gasteiger partial charge < -0.3 is 24.3 Å². The highest BCUT2D eigenvalue weighted by Gasteiger charge is 2.20. The molecule has 0 aliphatic carbocycles. The summed E-state index contributed by atoms with van der Waals surface area (Å²) in [4.78, 5) is 0. The quantitative estimate of drug-likeness (QED) is 0.649. The summed E-state index contributed by atoms with van der Waals surface area (Å²) < 4.78 is 22.3. The van der Waals surface area contributed by atoms with Crippen molar-refractivity contribution in [3.63, 3.8) is 0 Å². The molecule has 0 spiro atoms. The maximum Gasteiger partial charge on any atom is 0.141 e. The molecular formula is C15H24BrNO4. The first-order valence-electron chi connectivity index (χ1n) is 6.89. The molecule has 0 heterocycles. The topological polar surface area (TPSA) is 49.0 Å². The molecule has 1 aromatic rings. The number of halogens is 1. The maximum absolute atomic E-state index is 5.65. The van der Waals surface area contributed by atoms with Crippen LogP contribution in [0, 0.1) is 0 Å². The molecule has 0 radical (unpaired) electrons. The van der Waals surface area contributed by atoms with Gasteiger partial charge in [0.15, 0.2) is 0 Å².